The molecule has 1 aliphatic carbocycles. The fourth-order valence-electron chi connectivity index (χ4n) is 3.85. The first kappa shape index (κ1) is 22.8. The van der Waals surface area contributed by atoms with Gasteiger partial charge in [0.05, 0.1) is 23.5 Å². The SMILES string of the molecule is COCCC(C)(C)n1c(CO)nc2cnc(Nc3ccnc(-c4cnn(SC5CC5)c4)n3)cc21. The molecule has 1 aliphatic rings. The molecule has 0 amide bonds. The van der Waals surface area contributed by atoms with E-state index < -0.39 is 0 Å². The third-order valence-corrected chi connectivity index (χ3v) is 6.97. The number of rotatable bonds is 10. The van der Waals surface area contributed by atoms with Crippen LogP contribution in [0.4, 0.5) is 11.6 Å². The smallest absolute Gasteiger partial charge is 0.164 e. The number of nitrogens with one attached hydrogen (secondary N) is 1. The molecule has 4 heterocycles. The van der Waals surface area contributed by atoms with E-state index >= 15 is 0 Å². The van der Waals surface area contributed by atoms with Gasteiger partial charge >= 0.3 is 0 Å². The van der Waals surface area contributed by atoms with Crippen LogP contribution in [0, 0.1) is 0 Å². The van der Waals surface area contributed by atoms with E-state index in [0.29, 0.717) is 35.1 Å². The Labute approximate surface area is 201 Å². The number of fused-ring (bicyclic) bond motifs is 1. The Morgan fingerprint density at radius 1 is 1.21 bits per heavy atom. The van der Waals surface area contributed by atoms with E-state index in [1.807, 2.05) is 16.4 Å². The van der Waals surface area contributed by atoms with E-state index in [2.05, 4.69) is 48.8 Å². The van der Waals surface area contributed by atoms with Gasteiger partial charge in [-0.25, -0.2) is 24.0 Å². The summed E-state index contributed by atoms with van der Waals surface area (Å²) in [5, 5.41) is 18.3. The minimum Gasteiger partial charge on any atom is -0.388 e. The van der Waals surface area contributed by atoms with Gasteiger partial charge in [-0.3, -0.25) is 0 Å². The number of ether oxygens (including phenoxy) is 1. The Bertz CT molecular complexity index is 1300. The number of methoxy groups -OCH3 is 1. The van der Waals surface area contributed by atoms with Crippen LogP contribution in [0.15, 0.2) is 36.9 Å². The lowest BCUT2D eigenvalue weighted by Crippen LogP contribution is -2.29. The molecular weight excluding hydrogens is 452 g/mol. The Balaban J connectivity index is 1.42. The number of pyridine rings is 1. The van der Waals surface area contributed by atoms with Crippen LogP contribution in [-0.4, -0.2) is 57.8 Å². The Hall–Kier alpha value is -3.02. The molecule has 0 aliphatic heterocycles. The number of anilines is 2. The number of hydrogen-bond donors (Lipinski definition) is 2. The molecule has 2 N–H and O–H groups in total. The lowest BCUT2D eigenvalue weighted by atomic mass is 10.00. The molecule has 0 spiro atoms. The van der Waals surface area contributed by atoms with Crippen LogP contribution in [-0.2, 0) is 16.9 Å². The normalized spacial score (nSPS) is 14.1. The van der Waals surface area contributed by atoms with Crippen molar-refractivity contribution in [3.8, 4) is 11.4 Å². The average Bonchev–Trinajstić information content (AvgIpc) is 3.37. The van der Waals surface area contributed by atoms with Gasteiger partial charge in [-0.05, 0) is 51.1 Å². The largest absolute Gasteiger partial charge is 0.388 e. The summed E-state index contributed by atoms with van der Waals surface area (Å²) in [4.78, 5) is 18.2. The van der Waals surface area contributed by atoms with E-state index in [1.165, 1.54) is 12.8 Å². The van der Waals surface area contributed by atoms with Crippen molar-refractivity contribution >= 4 is 34.6 Å². The summed E-state index contributed by atoms with van der Waals surface area (Å²) >= 11 is 1.74. The van der Waals surface area contributed by atoms with Gasteiger partial charge in [-0.15, -0.1) is 0 Å². The van der Waals surface area contributed by atoms with Gasteiger partial charge < -0.3 is 19.7 Å². The molecule has 0 saturated heterocycles. The molecule has 1 saturated carbocycles. The first-order chi connectivity index (χ1) is 16.5. The van der Waals surface area contributed by atoms with Crippen LogP contribution < -0.4 is 5.32 Å². The minimum absolute atomic E-state index is 0.157. The van der Waals surface area contributed by atoms with Crippen LogP contribution in [0.3, 0.4) is 0 Å². The van der Waals surface area contributed by atoms with Crippen molar-refractivity contribution in [2.75, 3.05) is 19.0 Å². The van der Waals surface area contributed by atoms with Crippen LogP contribution in [0.25, 0.3) is 22.4 Å². The fraction of sp³-hybridized carbons (Fsp3) is 0.435. The third-order valence-electron chi connectivity index (χ3n) is 5.79. The van der Waals surface area contributed by atoms with Crippen molar-refractivity contribution in [1.82, 2.24) is 33.7 Å². The molecule has 0 atom stereocenters. The monoisotopic (exact) mass is 480 g/mol. The molecule has 178 valence electrons. The van der Waals surface area contributed by atoms with E-state index in [0.717, 1.165) is 23.0 Å². The van der Waals surface area contributed by atoms with Crippen molar-refractivity contribution in [3.63, 3.8) is 0 Å². The van der Waals surface area contributed by atoms with Crippen LogP contribution in [0.5, 0.6) is 0 Å². The Morgan fingerprint density at radius 3 is 2.82 bits per heavy atom. The predicted molar refractivity (Wildman–Crippen MR) is 132 cm³/mol. The summed E-state index contributed by atoms with van der Waals surface area (Å²) in [6.45, 7) is 4.67. The zero-order valence-corrected chi connectivity index (χ0v) is 20.3. The second-order valence-corrected chi connectivity index (χ2v) is 10.2. The van der Waals surface area contributed by atoms with Crippen molar-refractivity contribution < 1.29 is 9.84 Å². The molecule has 10 nitrogen and oxygen atoms in total. The molecule has 5 rings (SSSR count). The second kappa shape index (κ2) is 9.32. The molecule has 0 aromatic carbocycles. The summed E-state index contributed by atoms with van der Waals surface area (Å²) in [5.41, 5.74) is 2.17. The highest BCUT2D eigenvalue weighted by atomic mass is 32.2. The highest BCUT2D eigenvalue weighted by Gasteiger charge is 2.26. The number of hydrogen-bond acceptors (Lipinski definition) is 9. The number of nitrogens with zero attached hydrogens (tertiary/aromatic N) is 7. The van der Waals surface area contributed by atoms with Gasteiger partial charge in [0.15, 0.2) is 5.82 Å². The van der Waals surface area contributed by atoms with E-state index in [4.69, 9.17) is 4.74 Å². The van der Waals surface area contributed by atoms with Crippen LogP contribution in [0.1, 0.15) is 38.9 Å². The molecule has 11 heteroatoms. The zero-order valence-electron chi connectivity index (χ0n) is 19.5. The summed E-state index contributed by atoms with van der Waals surface area (Å²) in [5.74, 6) is 2.46. The predicted octanol–water partition coefficient (Wildman–Crippen LogP) is 3.75. The second-order valence-electron chi connectivity index (χ2n) is 8.96. The number of imidazole rings is 1. The van der Waals surface area contributed by atoms with Gasteiger partial charge in [0.2, 0.25) is 0 Å². The van der Waals surface area contributed by atoms with Gasteiger partial charge in [0.1, 0.15) is 29.6 Å². The van der Waals surface area contributed by atoms with Gasteiger partial charge in [0.25, 0.3) is 0 Å². The molecule has 1 fully saturated rings. The molecular formula is C23H28N8O2S. The maximum Gasteiger partial charge on any atom is 0.164 e. The van der Waals surface area contributed by atoms with Crippen molar-refractivity contribution in [2.45, 2.75) is 50.5 Å². The molecule has 4 aromatic heterocycles. The maximum atomic E-state index is 9.93. The Morgan fingerprint density at radius 2 is 2.06 bits per heavy atom. The van der Waals surface area contributed by atoms with Crippen molar-refractivity contribution in [2.24, 2.45) is 0 Å². The summed E-state index contributed by atoms with van der Waals surface area (Å²) in [6, 6.07) is 3.74. The van der Waals surface area contributed by atoms with Gasteiger partial charge in [-0.2, -0.15) is 5.10 Å². The molecule has 34 heavy (non-hydrogen) atoms. The quantitative estimate of drug-likeness (QED) is 0.350. The number of aliphatic hydroxyl groups is 1. The lowest BCUT2D eigenvalue weighted by molar-refractivity contribution is 0.151. The molecule has 4 aromatic rings. The number of aromatic nitrogens is 7. The average molecular weight is 481 g/mol. The summed E-state index contributed by atoms with van der Waals surface area (Å²) < 4.78 is 9.24. The Kier molecular flexibility index (Phi) is 6.24. The van der Waals surface area contributed by atoms with E-state index in [9.17, 15) is 5.11 Å². The topological polar surface area (TPSA) is 116 Å². The maximum absolute atomic E-state index is 9.93. The lowest BCUT2D eigenvalue weighted by Gasteiger charge is -2.29. The first-order valence-corrected chi connectivity index (χ1v) is 12.1. The highest BCUT2D eigenvalue weighted by molar-refractivity contribution is 7.98. The van der Waals surface area contributed by atoms with Crippen molar-refractivity contribution in [1.29, 1.82) is 0 Å². The van der Waals surface area contributed by atoms with Gasteiger partial charge in [0, 0.05) is 43.0 Å². The minimum atomic E-state index is -0.303. The molecule has 0 unspecified atom stereocenters. The standard InChI is InChI=1S/C23H28N8O2S/c1-23(2,7-9-33-3)31-18-10-20(25-12-17(18)27-21(31)14-32)28-19-6-8-24-22(29-19)15-11-26-30(13-15)34-16-4-5-16/h6,8,10-13,16,32H,4-5,7,9,14H2,1-3H3,(H,24,25,28,29). The van der Waals surface area contributed by atoms with E-state index in [-0.39, 0.29) is 12.1 Å². The highest BCUT2D eigenvalue weighted by Crippen LogP contribution is 2.35. The fourth-order valence-corrected chi connectivity index (χ4v) is 4.78. The zero-order chi connectivity index (χ0) is 23.7. The summed E-state index contributed by atoms with van der Waals surface area (Å²) in [7, 11) is 1.69. The van der Waals surface area contributed by atoms with Crippen LogP contribution in [0.2, 0.25) is 0 Å². The first-order valence-electron chi connectivity index (χ1n) is 11.3. The van der Waals surface area contributed by atoms with Crippen LogP contribution >= 0.6 is 11.9 Å². The van der Waals surface area contributed by atoms with Gasteiger partial charge in [-0.1, -0.05) is 0 Å². The third kappa shape index (κ3) is 4.77. The molecule has 0 radical (unpaired) electrons. The van der Waals surface area contributed by atoms with E-state index in [1.54, 1.807) is 43.7 Å². The van der Waals surface area contributed by atoms with Crippen molar-refractivity contribution in [3.05, 3.63) is 42.7 Å². The number of aliphatic hydroxyl groups excluding tert-OH is 1. The summed E-state index contributed by atoms with van der Waals surface area (Å²) in [6.07, 6.45) is 10.4. The molecule has 0 bridgehead atoms.